The highest BCUT2D eigenvalue weighted by atomic mass is 79.9. The molecule has 0 aromatic heterocycles. The molecule has 5 N–H and O–H groups in total. The number of halogens is 1. The largest absolute Gasteiger partial charge is 0.481 e. The summed E-state index contributed by atoms with van der Waals surface area (Å²) in [6.45, 7) is 0. The van der Waals surface area contributed by atoms with Crippen LogP contribution in [0.15, 0.2) is 22.7 Å². The Morgan fingerprint density at radius 3 is 2.43 bits per heavy atom. The van der Waals surface area contributed by atoms with Gasteiger partial charge in [-0.15, -0.1) is 0 Å². The first-order chi connectivity index (χ1) is 9.79. The van der Waals surface area contributed by atoms with Gasteiger partial charge in [0.1, 0.15) is 6.04 Å². The van der Waals surface area contributed by atoms with Crippen molar-refractivity contribution >= 4 is 39.5 Å². The zero-order chi connectivity index (χ0) is 16.0. The highest BCUT2D eigenvalue weighted by Gasteiger charge is 2.21. The summed E-state index contributed by atoms with van der Waals surface area (Å²) in [5.74, 6) is -2.80. The summed E-state index contributed by atoms with van der Waals surface area (Å²) in [5, 5.41) is 19.9. The molecule has 0 aliphatic carbocycles. The van der Waals surface area contributed by atoms with Crippen molar-refractivity contribution in [1.29, 1.82) is 0 Å². The first-order valence-corrected chi connectivity index (χ1v) is 6.90. The Bertz CT molecular complexity index is 541. The first-order valence-electron chi connectivity index (χ1n) is 6.11. The van der Waals surface area contributed by atoms with Gasteiger partial charge in [0.05, 0.1) is 0 Å². The number of amides is 1. The fourth-order valence-electron chi connectivity index (χ4n) is 1.70. The van der Waals surface area contributed by atoms with Gasteiger partial charge in [0.2, 0.25) is 0 Å². The van der Waals surface area contributed by atoms with E-state index in [1.54, 1.807) is 6.07 Å². The Balaban J connectivity index is 2.71. The average molecular weight is 359 g/mol. The lowest BCUT2D eigenvalue weighted by Crippen LogP contribution is -2.40. The molecule has 7 nitrogen and oxygen atoms in total. The number of hydrogen-bond donors (Lipinski definition) is 4. The average Bonchev–Trinajstić information content (AvgIpc) is 2.35. The molecule has 1 atom stereocenters. The molecule has 0 unspecified atom stereocenters. The lowest BCUT2D eigenvalue weighted by molar-refractivity contribution is -0.140. The molecule has 0 saturated carbocycles. The second kappa shape index (κ2) is 7.63. The second-order valence-corrected chi connectivity index (χ2v) is 5.34. The van der Waals surface area contributed by atoms with Crippen molar-refractivity contribution in [2.45, 2.75) is 25.3 Å². The Hall–Kier alpha value is -2.09. The van der Waals surface area contributed by atoms with Crippen molar-refractivity contribution in [3.8, 4) is 0 Å². The van der Waals surface area contributed by atoms with E-state index in [-0.39, 0.29) is 24.8 Å². The van der Waals surface area contributed by atoms with Crippen LogP contribution in [0.1, 0.15) is 29.6 Å². The van der Waals surface area contributed by atoms with Gasteiger partial charge >= 0.3 is 11.9 Å². The van der Waals surface area contributed by atoms with Crippen molar-refractivity contribution in [2.75, 3.05) is 5.73 Å². The molecule has 0 heterocycles. The van der Waals surface area contributed by atoms with Gasteiger partial charge in [0, 0.05) is 22.1 Å². The maximum Gasteiger partial charge on any atom is 0.326 e. The van der Waals surface area contributed by atoms with Gasteiger partial charge in [-0.25, -0.2) is 4.79 Å². The van der Waals surface area contributed by atoms with Crippen LogP contribution >= 0.6 is 15.9 Å². The van der Waals surface area contributed by atoms with Gasteiger partial charge in [0.15, 0.2) is 0 Å². The van der Waals surface area contributed by atoms with Crippen LogP contribution in [0.25, 0.3) is 0 Å². The van der Waals surface area contributed by atoms with Crippen molar-refractivity contribution in [1.82, 2.24) is 5.32 Å². The Kier molecular flexibility index (Phi) is 6.16. The molecule has 1 amide bonds. The molecule has 1 aromatic carbocycles. The summed E-state index contributed by atoms with van der Waals surface area (Å²) in [6.07, 6.45) is 0.0492. The fourth-order valence-corrected chi connectivity index (χ4v) is 2.21. The molecule has 21 heavy (non-hydrogen) atoms. The predicted octanol–water partition coefficient (Wildman–Crippen LogP) is 1.47. The lowest BCUT2D eigenvalue weighted by atomic mass is 10.1. The van der Waals surface area contributed by atoms with Gasteiger partial charge < -0.3 is 21.3 Å². The molecule has 0 radical (unpaired) electrons. The molecule has 0 aliphatic rings. The number of nitrogen functional groups attached to an aromatic ring is 1. The minimum atomic E-state index is -1.21. The third-order valence-electron chi connectivity index (χ3n) is 2.67. The predicted molar refractivity (Wildman–Crippen MR) is 78.9 cm³/mol. The Morgan fingerprint density at radius 2 is 1.90 bits per heavy atom. The number of carbonyl (C=O) groups is 3. The van der Waals surface area contributed by atoms with Crippen molar-refractivity contribution in [2.24, 2.45) is 0 Å². The van der Waals surface area contributed by atoms with Gasteiger partial charge in [-0.2, -0.15) is 0 Å². The second-order valence-electron chi connectivity index (χ2n) is 4.42. The van der Waals surface area contributed by atoms with Gasteiger partial charge in [-0.3, -0.25) is 9.59 Å². The number of carboxylic acids is 2. The Labute approximate surface area is 129 Å². The molecule has 0 fully saturated rings. The molecule has 0 aliphatic heterocycles. The normalized spacial score (nSPS) is 11.7. The van der Waals surface area contributed by atoms with E-state index in [0.717, 1.165) is 0 Å². The summed E-state index contributed by atoms with van der Waals surface area (Å²) in [5.41, 5.74) is 6.21. The Morgan fingerprint density at radius 1 is 1.24 bits per heavy atom. The van der Waals surface area contributed by atoms with E-state index in [9.17, 15) is 14.4 Å². The third-order valence-corrected chi connectivity index (χ3v) is 3.13. The quantitative estimate of drug-likeness (QED) is 0.546. The number of nitrogens with two attached hydrogens (primary N) is 1. The van der Waals surface area contributed by atoms with Crippen LogP contribution in [0.4, 0.5) is 5.69 Å². The fraction of sp³-hybridized carbons (Fsp3) is 0.308. The van der Waals surface area contributed by atoms with Crippen LogP contribution in [0, 0.1) is 0 Å². The van der Waals surface area contributed by atoms with Crippen molar-refractivity contribution < 1.29 is 24.6 Å². The maximum atomic E-state index is 12.0. The zero-order valence-electron chi connectivity index (χ0n) is 11.0. The van der Waals surface area contributed by atoms with E-state index in [1.165, 1.54) is 12.1 Å². The maximum absolute atomic E-state index is 12.0. The van der Waals surface area contributed by atoms with Crippen LogP contribution in [0.3, 0.4) is 0 Å². The standard InChI is InChI=1S/C13H15BrN2O5/c14-8-4-7(5-9(15)6-8)12(19)16-10(13(20)21)2-1-3-11(17)18/h4-6,10H,1-3,15H2,(H,16,19)(H,17,18)(H,20,21)/t10-/m1/s1. The number of nitrogens with one attached hydrogen (secondary N) is 1. The summed E-state index contributed by atoms with van der Waals surface area (Å²) in [4.78, 5) is 33.5. The van der Waals surface area contributed by atoms with Gasteiger partial charge in [-0.1, -0.05) is 15.9 Å². The third kappa shape index (κ3) is 5.82. The minimum Gasteiger partial charge on any atom is -0.481 e. The van der Waals surface area contributed by atoms with E-state index in [4.69, 9.17) is 15.9 Å². The number of aliphatic carboxylic acids is 2. The SMILES string of the molecule is Nc1cc(Br)cc(C(=O)N[C@H](CCCC(=O)O)C(=O)O)c1. The summed E-state index contributed by atoms with van der Waals surface area (Å²) in [7, 11) is 0. The molecule has 8 heteroatoms. The van der Waals surface area contributed by atoms with Crippen LogP contribution < -0.4 is 11.1 Å². The van der Waals surface area contributed by atoms with Crippen LogP contribution in [-0.4, -0.2) is 34.1 Å². The molecular formula is C13H15BrN2O5. The van der Waals surface area contributed by atoms with Crippen molar-refractivity contribution in [3.63, 3.8) is 0 Å². The zero-order valence-corrected chi connectivity index (χ0v) is 12.6. The smallest absolute Gasteiger partial charge is 0.326 e. The number of carbonyl (C=O) groups excluding carboxylic acids is 1. The number of anilines is 1. The summed E-state index contributed by atoms with van der Waals surface area (Å²) in [6, 6.07) is 3.41. The lowest BCUT2D eigenvalue weighted by Gasteiger charge is -2.14. The van der Waals surface area contributed by atoms with E-state index in [0.29, 0.717) is 10.2 Å². The minimum absolute atomic E-state index is 0.0386. The number of benzene rings is 1. The monoisotopic (exact) mass is 358 g/mol. The van der Waals surface area contributed by atoms with E-state index in [2.05, 4.69) is 21.2 Å². The molecule has 0 saturated heterocycles. The van der Waals surface area contributed by atoms with Crippen LogP contribution in [0.5, 0.6) is 0 Å². The topological polar surface area (TPSA) is 130 Å². The molecule has 114 valence electrons. The molecule has 0 bridgehead atoms. The van der Waals surface area contributed by atoms with E-state index >= 15 is 0 Å². The highest BCUT2D eigenvalue weighted by Crippen LogP contribution is 2.17. The van der Waals surface area contributed by atoms with Crippen LogP contribution in [-0.2, 0) is 9.59 Å². The van der Waals surface area contributed by atoms with E-state index < -0.39 is 23.9 Å². The number of carboxylic acid groups (broad SMARTS) is 2. The summed E-state index contributed by atoms with van der Waals surface area (Å²) < 4.78 is 0.602. The van der Waals surface area contributed by atoms with Crippen molar-refractivity contribution in [3.05, 3.63) is 28.2 Å². The molecule has 0 spiro atoms. The van der Waals surface area contributed by atoms with Crippen LogP contribution in [0.2, 0.25) is 0 Å². The highest BCUT2D eigenvalue weighted by molar-refractivity contribution is 9.10. The first kappa shape index (κ1) is 17.0. The van der Waals surface area contributed by atoms with Gasteiger partial charge in [0.25, 0.3) is 5.91 Å². The number of hydrogen-bond acceptors (Lipinski definition) is 4. The van der Waals surface area contributed by atoms with Gasteiger partial charge in [-0.05, 0) is 31.0 Å². The molecule has 1 aromatic rings. The summed E-state index contributed by atoms with van der Waals surface area (Å²) >= 11 is 3.19. The molecule has 1 rings (SSSR count). The van der Waals surface area contributed by atoms with E-state index in [1.807, 2.05) is 0 Å². The number of rotatable bonds is 7. The molecular weight excluding hydrogens is 344 g/mol.